The SMILES string of the molecule is CS(C)(C)c1ccc(Nc2nc(Cl)c(F)cc2C(=O)O)c(F)c1. The number of nitrogens with one attached hydrogen (secondary N) is 1. The Morgan fingerprint density at radius 1 is 1.22 bits per heavy atom. The fraction of sp³-hybridized carbons (Fsp3) is 0.200. The summed E-state index contributed by atoms with van der Waals surface area (Å²) in [5.74, 6) is -3.13. The molecule has 0 saturated heterocycles. The zero-order chi connectivity index (χ0) is 17.4. The first kappa shape index (κ1) is 17.5. The Hall–Kier alpha value is -1.86. The van der Waals surface area contributed by atoms with Crippen molar-refractivity contribution in [2.24, 2.45) is 0 Å². The molecule has 0 unspecified atom stereocenters. The van der Waals surface area contributed by atoms with Crippen LogP contribution >= 0.6 is 21.6 Å². The lowest BCUT2D eigenvalue weighted by Gasteiger charge is -2.26. The summed E-state index contributed by atoms with van der Waals surface area (Å²) in [5.41, 5.74) is -0.396. The van der Waals surface area contributed by atoms with Crippen molar-refractivity contribution in [1.82, 2.24) is 4.98 Å². The summed E-state index contributed by atoms with van der Waals surface area (Å²) in [4.78, 5) is 15.7. The van der Waals surface area contributed by atoms with Gasteiger partial charge in [-0.15, -0.1) is 0 Å². The molecular weight excluding hydrogens is 346 g/mol. The third-order valence-corrected chi connectivity index (χ3v) is 5.00. The first-order valence-electron chi connectivity index (χ1n) is 6.44. The van der Waals surface area contributed by atoms with Crippen LogP contribution in [0, 0.1) is 11.6 Å². The Morgan fingerprint density at radius 3 is 2.39 bits per heavy atom. The third kappa shape index (κ3) is 3.92. The Kier molecular flexibility index (Phi) is 4.81. The van der Waals surface area contributed by atoms with Crippen molar-refractivity contribution in [3.05, 3.63) is 46.6 Å². The van der Waals surface area contributed by atoms with Crippen molar-refractivity contribution in [3.63, 3.8) is 0 Å². The molecular formula is C15H15ClF2N2O2S. The molecule has 0 aliphatic heterocycles. The van der Waals surface area contributed by atoms with Gasteiger partial charge in [-0.05, 0) is 47.9 Å². The van der Waals surface area contributed by atoms with E-state index in [1.165, 1.54) is 12.1 Å². The number of hydrogen-bond donors (Lipinski definition) is 2. The maximum Gasteiger partial charge on any atom is 0.339 e. The minimum Gasteiger partial charge on any atom is -0.478 e. The van der Waals surface area contributed by atoms with Crippen LogP contribution in [0.3, 0.4) is 0 Å². The molecule has 0 bridgehead atoms. The minimum absolute atomic E-state index is 0.0371. The van der Waals surface area contributed by atoms with E-state index in [0.717, 1.165) is 11.0 Å². The fourth-order valence-electron chi connectivity index (χ4n) is 1.83. The number of aromatic carboxylic acids is 1. The Morgan fingerprint density at radius 2 is 1.87 bits per heavy atom. The molecule has 0 saturated carbocycles. The van der Waals surface area contributed by atoms with Gasteiger partial charge in [-0.1, -0.05) is 11.6 Å². The van der Waals surface area contributed by atoms with Gasteiger partial charge in [-0.25, -0.2) is 28.6 Å². The lowest BCUT2D eigenvalue weighted by molar-refractivity contribution is 0.0697. The monoisotopic (exact) mass is 360 g/mol. The van der Waals surface area contributed by atoms with Crippen LogP contribution in [0.15, 0.2) is 29.2 Å². The van der Waals surface area contributed by atoms with Crippen LogP contribution < -0.4 is 5.32 Å². The van der Waals surface area contributed by atoms with Crippen molar-refractivity contribution >= 4 is 39.1 Å². The standard InChI is InChI=1S/C15H15ClF2N2O2S/c1-23(2,3)8-4-5-12(10(17)6-8)19-14-9(15(21)22)7-11(18)13(16)20-14/h4-7H,1-3H3,(H,19,20)(H,21,22). The van der Waals surface area contributed by atoms with Crippen molar-refractivity contribution in [2.45, 2.75) is 4.90 Å². The number of carboxylic acid groups (broad SMARTS) is 1. The highest BCUT2D eigenvalue weighted by Gasteiger charge is 2.18. The van der Waals surface area contributed by atoms with Crippen LogP contribution in [0.5, 0.6) is 0 Å². The van der Waals surface area contributed by atoms with Gasteiger partial charge >= 0.3 is 5.97 Å². The number of pyridine rings is 1. The van der Waals surface area contributed by atoms with Gasteiger partial charge in [-0.2, -0.15) is 0 Å². The molecule has 0 aliphatic rings. The van der Waals surface area contributed by atoms with E-state index in [2.05, 4.69) is 10.3 Å². The summed E-state index contributed by atoms with van der Waals surface area (Å²) in [6, 6.07) is 5.38. The Balaban J connectivity index is 2.44. The third-order valence-electron chi connectivity index (χ3n) is 3.06. The summed E-state index contributed by atoms with van der Waals surface area (Å²) in [6.07, 6.45) is 6.08. The van der Waals surface area contributed by atoms with Gasteiger partial charge in [0.25, 0.3) is 0 Å². The number of rotatable bonds is 4. The fourth-order valence-corrected chi connectivity index (χ4v) is 2.90. The van der Waals surface area contributed by atoms with Crippen LogP contribution in [-0.2, 0) is 0 Å². The maximum atomic E-state index is 14.2. The number of aromatic nitrogens is 1. The second-order valence-corrected chi connectivity index (χ2v) is 10.1. The zero-order valence-electron chi connectivity index (χ0n) is 12.7. The molecule has 2 N–H and O–H groups in total. The lowest BCUT2D eigenvalue weighted by Crippen LogP contribution is -2.07. The highest BCUT2D eigenvalue weighted by molar-refractivity contribution is 8.32. The molecule has 1 aromatic carbocycles. The van der Waals surface area contributed by atoms with Gasteiger partial charge in [0.2, 0.25) is 0 Å². The molecule has 1 heterocycles. The number of carbonyl (C=O) groups is 1. The van der Waals surface area contributed by atoms with Crippen molar-refractivity contribution < 1.29 is 18.7 Å². The number of anilines is 2. The van der Waals surface area contributed by atoms with Crippen LogP contribution in [-0.4, -0.2) is 34.8 Å². The smallest absolute Gasteiger partial charge is 0.339 e. The van der Waals surface area contributed by atoms with Crippen LogP contribution in [0.4, 0.5) is 20.3 Å². The minimum atomic E-state index is -1.40. The summed E-state index contributed by atoms with van der Waals surface area (Å²) in [7, 11) is -1.10. The normalized spacial score (nSPS) is 12.1. The van der Waals surface area contributed by atoms with Crippen molar-refractivity contribution in [1.29, 1.82) is 0 Å². The van der Waals surface area contributed by atoms with Crippen LogP contribution in [0.1, 0.15) is 10.4 Å². The molecule has 1 aromatic heterocycles. The molecule has 124 valence electrons. The number of halogens is 3. The van der Waals surface area contributed by atoms with Crippen LogP contribution in [0.25, 0.3) is 0 Å². The highest BCUT2D eigenvalue weighted by atomic mass is 35.5. The quantitative estimate of drug-likeness (QED) is 0.787. The molecule has 0 fully saturated rings. The lowest BCUT2D eigenvalue weighted by atomic mass is 10.2. The molecule has 8 heteroatoms. The van der Waals surface area contributed by atoms with E-state index in [-0.39, 0.29) is 11.5 Å². The van der Waals surface area contributed by atoms with Gasteiger partial charge < -0.3 is 10.4 Å². The molecule has 23 heavy (non-hydrogen) atoms. The first-order chi connectivity index (χ1) is 10.6. The van der Waals surface area contributed by atoms with E-state index in [4.69, 9.17) is 16.7 Å². The molecule has 0 aliphatic carbocycles. The Labute approximate surface area is 138 Å². The zero-order valence-corrected chi connectivity index (χ0v) is 14.2. The van der Waals surface area contributed by atoms with E-state index in [0.29, 0.717) is 0 Å². The summed E-state index contributed by atoms with van der Waals surface area (Å²) >= 11 is 5.57. The number of benzene rings is 1. The molecule has 2 aromatic rings. The van der Waals surface area contributed by atoms with Gasteiger partial charge in [0.05, 0.1) is 5.69 Å². The largest absolute Gasteiger partial charge is 0.478 e. The first-order valence-corrected chi connectivity index (χ1v) is 9.67. The van der Waals surface area contributed by atoms with E-state index in [1.54, 1.807) is 6.07 Å². The maximum absolute atomic E-state index is 14.2. The average molecular weight is 361 g/mol. The molecule has 2 rings (SSSR count). The predicted octanol–water partition coefficient (Wildman–Crippen LogP) is 4.51. The number of carboxylic acids is 1. The topological polar surface area (TPSA) is 62.2 Å². The summed E-state index contributed by atoms with van der Waals surface area (Å²) in [5, 5.41) is 11.2. The van der Waals surface area contributed by atoms with Gasteiger partial charge in [0.15, 0.2) is 11.0 Å². The Bertz CT molecular complexity index is 779. The van der Waals surface area contributed by atoms with E-state index < -0.39 is 38.3 Å². The van der Waals surface area contributed by atoms with Gasteiger partial charge in [0, 0.05) is 0 Å². The van der Waals surface area contributed by atoms with Gasteiger partial charge in [0.1, 0.15) is 17.2 Å². The predicted molar refractivity (Wildman–Crippen MR) is 89.5 cm³/mol. The molecule has 0 radical (unpaired) electrons. The average Bonchev–Trinajstić information content (AvgIpc) is 2.43. The molecule has 0 atom stereocenters. The molecule has 0 spiro atoms. The van der Waals surface area contributed by atoms with E-state index in [1.807, 2.05) is 18.8 Å². The van der Waals surface area contributed by atoms with Crippen molar-refractivity contribution in [2.75, 3.05) is 24.1 Å². The second-order valence-electron chi connectivity index (χ2n) is 5.57. The highest BCUT2D eigenvalue weighted by Crippen LogP contribution is 2.45. The van der Waals surface area contributed by atoms with Crippen molar-refractivity contribution in [3.8, 4) is 0 Å². The van der Waals surface area contributed by atoms with E-state index >= 15 is 0 Å². The van der Waals surface area contributed by atoms with E-state index in [9.17, 15) is 13.6 Å². The summed E-state index contributed by atoms with van der Waals surface area (Å²) in [6.45, 7) is 0. The second kappa shape index (κ2) is 6.33. The number of nitrogens with zero attached hydrogens (tertiary/aromatic N) is 1. The van der Waals surface area contributed by atoms with Gasteiger partial charge in [-0.3, -0.25) is 0 Å². The molecule has 4 nitrogen and oxygen atoms in total. The molecule has 0 amide bonds. The summed E-state index contributed by atoms with van der Waals surface area (Å²) < 4.78 is 27.6. The van der Waals surface area contributed by atoms with Crippen LogP contribution in [0.2, 0.25) is 5.15 Å². The number of hydrogen-bond acceptors (Lipinski definition) is 3.